The van der Waals surface area contributed by atoms with Crippen LogP contribution in [0, 0.1) is 0 Å². The van der Waals surface area contributed by atoms with Gasteiger partial charge in [-0.25, -0.2) is 4.79 Å². The fourth-order valence-electron chi connectivity index (χ4n) is 3.16. The standard InChI is InChI=1S/C15H19N3O6S/c19-13(20)15(10-12(15)11-4-2-1-3-5-11)16-25(23,24)18-8-6-17(7-9-18)14(21)22/h1-5,12,16H,6-10H2,(H,19,20)(H,21,22)/t12-,15-/m0/s1. The molecule has 1 saturated carbocycles. The minimum atomic E-state index is -4.03. The van der Waals surface area contributed by atoms with Crippen LogP contribution in [0.2, 0.25) is 0 Å². The van der Waals surface area contributed by atoms with Gasteiger partial charge in [0.05, 0.1) is 0 Å². The van der Waals surface area contributed by atoms with Crippen LogP contribution in [-0.4, -0.2) is 71.6 Å². The maximum absolute atomic E-state index is 12.6. The number of amides is 1. The second kappa shape index (κ2) is 6.28. The van der Waals surface area contributed by atoms with E-state index in [2.05, 4.69) is 4.72 Å². The molecule has 1 heterocycles. The van der Waals surface area contributed by atoms with E-state index in [1.54, 1.807) is 30.3 Å². The molecule has 136 valence electrons. The number of rotatable bonds is 5. The van der Waals surface area contributed by atoms with Gasteiger partial charge in [-0.3, -0.25) is 4.79 Å². The predicted octanol–water partition coefficient (Wildman–Crippen LogP) is 0.127. The molecule has 3 N–H and O–H groups in total. The number of carboxylic acid groups (broad SMARTS) is 2. The molecule has 0 radical (unpaired) electrons. The van der Waals surface area contributed by atoms with Gasteiger partial charge >= 0.3 is 12.1 Å². The molecule has 1 aliphatic heterocycles. The SMILES string of the molecule is O=C(O)N1CCN(S(=O)(=O)N[C@@]2(C(=O)O)C[C@H]2c2ccccc2)CC1. The summed E-state index contributed by atoms with van der Waals surface area (Å²) in [7, 11) is -4.03. The highest BCUT2D eigenvalue weighted by Crippen LogP contribution is 2.52. The number of aliphatic carboxylic acids is 1. The van der Waals surface area contributed by atoms with Crippen molar-refractivity contribution in [3.63, 3.8) is 0 Å². The van der Waals surface area contributed by atoms with Gasteiger partial charge < -0.3 is 15.1 Å². The highest BCUT2D eigenvalue weighted by molar-refractivity contribution is 7.87. The maximum atomic E-state index is 12.6. The van der Waals surface area contributed by atoms with Crippen molar-refractivity contribution in [2.24, 2.45) is 0 Å². The molecule has 1 aromatic rings. The van der Waals surface area contributed by atoms with Gasteiger partial charge in [0, 0.05) is 32.1 Å². The van der Waals surface area contributed by atoms with E-state index < -0.39 is 33.7 Å². The smallest absolute Gasteiger partial charge is 0.407 e. The quantitative estimate of drug-likeness (QED) is 0.677. The maximum Gasteiger partial charge on any atom is 0.407 e. The van der Waals surface area contributed by atoms with Crippen molar-refractivity contribution in [2.45, 2.75) is 17.9 Å². The van der Waals surface area contributed by atoms with Crippen molar-refractivity contribution in [1.82, 2.24) is 13.9 Å². The normalized spacial score (nSPS) is 27.0. The summed E-state index contributed by atoms with van der Waals surface area (Å²) < 4.78 is 28.6. The molecule has 2 atom stereocenters. The Labute approximate surface area is 145 Å². The highest BCUT2D eigenvalue weighted by Gasteiger charge is 2.63. The van der Waals surface area contributed by atoms with E-state index in [4.69, 9.17) is 5.11 Å². The molecule has 0 spiro atoms. The Kier molecular flexibility index (Phi) is 4.43. The molecular weight excluding hydrogens is 350 g/mol. The van der Waals surface area contributed by atoms with Crippen molar-refractivity contribution < 1.29 is 28.2 Å². The molecule has 1 amide bonds. The Morgan fingerprint density at radius 2 is 1.68 bits per heavy atom. The van der Waals surface area contributed by atoms with Gasteiger partial charge in [-0.05, 0) is 12.0 Å². The summed E-state index contributed by atoms with van der Waals surface area (Å²) in [5.74, 6) is -1.64. The number of piperazine rings is 1. The molecule has 0 unspecified atom stereocenters. The summed E-state index contributed by atoms with van der Waals surface area (Å²) in [5.41, 5.74) is -0.785. The topological polar surface area (TPSA) is 127 Å². The number of hydrogen-bond donors (Lipinski definition) is 3. The lowest BCUT2D eigenvalue weighted by Gasteiger charge is -2.33. The summed E-state index contributed by atoms with van der Waals surface area (Å²) in [6, 6.07) is 8.91. The minimum Gasteiger partial charge on any atom is -0.480 e. The van der Waals surface area contributed by atoms with E-state index in [0.29, 0.717) is 0 Å². The predicted molar refractivity (Wildman–Crippen MR) is 87.4 cm³/mol. The number of carboxylic acids is 1. The second-order valence-corrected chi connectivity index (χ2v) is 7.89. The van der Waals surface area contributed by atoms with Crippen LogP contribution >= 0.6 is 0 Å². The van der Waals surface area contributed by atoms with Gasteiger partial charge in [0.2, 0.25) is 0 Å². The average molecular weight is 369 g/mol. The average Bonchev–Trinajstić information content (AvgIpc) is 3.30. The first-order chi connectivity index (χ1) is 11.8. The van der Waals surface area contributed by atoms with Gasteiger partial charge in [-0.2, -0.15) is 17.4 Å². The van der Waals surface area contributed by atoms with E-state index in [-0.39, 0.29) is 32.6 Å². The fraction of sp³-hybridized carbons (Fsp3) is 0.467. The zero-order chi connectivity index (χ0) is 18.2. The molecule has 1 saturated heterocycles. The van der Waals surface area contributed by atoms with E-state index in [0.717, 1.165) is 14.8 Å². The monoisotopic (exact) mass is 369 g/mol. The summed E-state index contributed by atoms with van der Waals surface area (Å²) in [6.45, 7) is 0.0948. The summed E-state index contributed by atoms with van der Waals surface area (Å²) >= 11 is 0. The Morgan fingerprint density at radius 3 is 2.20 bits per heavy atom. The number of benzene rings is 1. The Morgan fingerprint density at radius 1 is 1.08 bits per heavy atom. The lowest BCUT2D eigenvalue weighted by atomic mass is 10.1. The third-order valence-electron chi connectivity index (χ3n) is 4.70. The zero-order valence-corrected chi connectivity index (χ0v) is 14.1. The molecule has 9 nitrogen and oxygen atoms in total. The number of nitrogens with one attached hydrogen (secondary N) is 1. The Balaban J connectivity index is 1.73. The molecule has 1 aromatic carbocycles. The summed E-state index contributed by atoms with van der Waals surface area (Å²) in [5, 5.41) is 18.5. The number of carbonyl (C=O) groups is 2. The molecular formula is C15H19N3O6S. The third kappa shape index (κ3) is 3.32. The van der Waals surface area contributed by atoms with E-state index >= 15 is 0 Å². The zero-order valence-electron chi connectivity index (χ0n) is 13.3. The largest absolute Gasteiger partial charge is 0.480 e. The van der Waals surface area contributed by atoms with Crippen LogP contribution in [0.1, 0.15) is 17.9 Å². The van der Waals surface area contributed by atoms with Crippen LogP contribution in [0.25, 0.3) is 0 Å². The van der Waals surface area contributed by atoms with Crippen LogP contribution < -0.4 is 4.72 Å². The molecule has 0 bridgehead atoms. The van der Waals surface area contributed by atoms with Crippen molar-refractivity contribution in [3.8, 4) is 0 Å². The van der Waals surface area contributed by atoms with Crippen molar-refractivity contribution in [3.05, 3.63) is 35.9 Å². The van der Waals surface area contributed by atoms with Crippen LogP contribution in [0.5, 0.6) is 0 Å². The summed E-state index contributed by atoms with van der Waals surface area (Å²) in [6.07, 6.45) is -0.918. The van der Waals surface area contributed by atoms with Crippen LogP contribution in [-0.2, 0) is 15.0 Å². The molecule has 10 heteroatoms. The first-order valence-electron chi connectivity index (χ1n) is 7.81. The molecule has 3 rings (SSSR count). The van der Waals surface area contributed by atoms with Gasteiger partial charge in [0.1, 0.15) is 5.54 Å². The lowest BCUT2D eigenvalue weighted by Crippen LogP contribution is -2.56. The van der Waals surface area contributed by atoms with Crippen molar-refractivity contribution in [1.29, 1.82) is 0 Å². The molecule has 2 aliphatic rings. The third-order valence-corrected chi connectivity index (χ3v) is 6.37. The first kappa shape index (κ1) is 17.6. The molecule has 2 fully saturated rings. The highest BCUT2D eigenvalue weighted by atomic mass is 32.2. The van der Waals surface area contributed by atoms with Gasteiger partial charge in [-0.1, -0.05) is 30.3 Å². The first-order valence-corrected chi connectivity index (χ1v) is 9.25. The lowest BCUT2D eigenvalue weighted by molar-refractivity contribution is -0.140. The summed E-state index contributed by atoms with van der Waals surface area (Å²) in [4.78, 5) is 23.8. The van der Waals surface area contributed by atoms with Crippen LogP contribution in [0.3, 0.4) is 0 Å². The molecule has 1 aliphatic carbocycles. The van der Waals surface area contributed by atoms with Crippen molar-refractivity contribution >= 4 is 22.3 Å². The Hall–Kier alpha value is -2.17. The minimum absolute atomic E-state index is 0.00661. The fourth-order valence-corrected chi connectivity index (χ4v) is 4.70. The van der Waals surface area contributed by atoms with Gasteiger partial charge in [0.25, 0.3) is 10.2 Å². The molecule has 25 heavy (non-hydrogen) atoms. The van der Waals surface area contributed by atoms with Gasteiger partial charge in [0.15, 0.2) is 0 Å². The van der Waals surface area contributed by atoms with Crippen LogP contribution in [0.15, 0.2) is 30.3 Å². The number of nitrogens with zero attached hydrogens (tertiary/aromatic N) is 2. The van der Waals surface area contributed by atoms with E-state index in [1.807, 2.05) is 0 Å². The van der Waals surface area contributed by atoms with Gasteiger partial charge in [-0.15, -0.1) is 0 Å². The van der Waals surface area contributed by atoms with Crippen LogP contribution in [0.4, 0.5) is 4.79 Å². The van der Waals surface area contributed by atoms with E-state index in [9.17, 15) is 23.1 Å². The Bertz CT molecular complexity index is 776. The second-order valence-electron chi connectivity index (χ2n) is 6.22. The number of hydrogen-bond acceptors (Lipinski definition) is 4. The van der Waals surface area contributed by atoms with E-state index in [1.165, 1.54) is 0 Å². The molecule has 0 aromatic heterocycles. The van der Waals surface area contributed by atoms with Crippen molar-refractivity contribution in [2.75, 3.05) is 26.2 Å².